The lowest BCUT2D eigenvalue weighted by Crippen LogP contribution is -2.37. The summed E-state index contributed by atoms with van der Waals surface area (Å²) < 4.78 is 1.16. The molecule has 1 aliphatic heterocycles. The topological polar surface area (TPSA) is 15.3 Å². The quantitative estimate of drug-likeness (QED) is 0.898. The van der Waals surface area contributed by atoms with Gasteiger partial charge >= 0.3 is 0 Å². The van der Waals surface area contributed by atoms with E-state index in [9.17, 15) is 0 Å². The molecule has 1 unspecified atom stereocenters. The van der Waals surface area contributed by atoms with Crippen LogP contribution in [0.25, 0.3) is 0 Å². The summed E-state index contributed by atoms with van der Waals surface area (Å²) in [6, 6.07) is 9.25. The number of likely N-dealkylation sites (tertiary alicyclic amines) is 1. The van der Waals surface area contributed by atoms with Crippen molar-refractivity contribution in [1.29, 1.82) is 0 Å². The minimum Gasteiger partial charge on any atom is -0.311 e. The molecule has 0 bridgehead atoms. The molecule has 1 fully saturated rings. The Hall–Kier alpha value is -0.380. The molecule has 1 atom stereocenters. The van der Waals surface area contributed by atoms with Crippen molar-refractivity contribution in [2.24, 2.45) is 0 Å². The SMILES string of the molecule is CCN1CCCC1CNCc1cccc(Br)c1. The summed E-state index contributed by atoms with van der Waals surface area (Å²) in [4.78, 5) is 2.58. The number of hydrogen-bond acceptors (Lipinski definition) is 2. The Kier molecular flexibility index (Phi) is 5.01. The van der Waals surface area contributed by atoms with E-state index in [-0.39, 0.29) is 0 Å². The van der Waals surface area contributed by atoms with Gasteiger partial charge in [-0.2, -0.15) is 0 Å². The number of nitrogens with zero attached hydrogens (tertiary/aromatic N) is 1. The van der Waals surface area contributed by atoms with E-state index in [1.165, 1.54) is 31.5 Å². The highest BCUT2D eigenvalue weighted by molar-refractivity contribution is 9.10. The van der Waals surface area contributed by atoms with Crippen LogP contribution in [0.15, 0.2) is 28.7 Å². The number of halogens is 1. The van der Waals surface area contributed by atoms with Gasteiger partial charge in [-0.1, -0.05) is 35.0 Å². The summed E-state index contributed by atoms with van der Waals surface area (Å²) in [6.07, 6.45) is 2.70. The first kappa shape index (κ1) is 13.1. The molecule has 1 heterocycles. The van der Waals surface area contributed by atoms with Gasteiger partial charge in [-0.25, -0.2) is 0 Å². The highest BCUT2D eigenvalue weighted by atomic mass is 79.9. The smallest absolute Gasteiger partial charge is 0.0221 e. The molecule has 2 rings (SSSR count). The summed E-state index contributed by atoms with van der Waals surface area (Å²) in [5.41, 5.74) is 1.35. The lowest BCUT2D eigenvalue weighted by atomic mass is 10.2. The third-order valence-electron chi connectivity index (χ3n) is 3.50. The van der Waals surface area contributed by atoms with Crippen LogP contribution >= 0.6 is 15.9 Å². The predicted molar refractivity (Wildman–Crippen MR) is 76.1 cm³/mol. The van der Waals surface area contributed by atoms with Gasteiger partial charge in [0.05, 0.1) is 0 Å². The second-order valence-electron chi connectivity index (χ2n) is 4.69. The maximum atomic E-state index is 3.57. The van der Waals surface area contributed by atoms with Crippen molar-refractivity contribution in [3.8, 4) is 0 Å². The molecule has 1 aliphatic rings. The minimum absolute atomic E-state index is 0.743. The number of likely N-dealkylation sites (N-methyl/N-ethyl adjacent to an activating group) is 1. The summed E-state index contributed by atoms with van der Waals surface area (Å²) in [6.45, 7) is 6.80. The van der Waals surface area contributed by atoms with E-state index in [2.05, 4.69) is 57.3 Å². The molecular weight excluding hydrogens is 276 g/mol. The Morgan fingerprint density at radius 1 is 1.47 bits per heavy atom. The predicted octanol–water partition coefficient (Wildman–Crippen LogP) is 3.02. The maximum Gasteiger partial charge on any atom is 0.0221 e. The van der Waals surface area contributed by atoms with Gasteiger partial charge in [-0.15, -0.1) is 0 Å². The number of hydrogen-bond donors (Lipinski definition) is 1. The Morgan fingerprint density at radius 3 is 3.12 bits per heavy atom. The van der Waals surface area contributed by atoms with Crippen molar-refractivity contribution < 1.29 is 0 Å². The first-order chi connectivity index (χ1) is 8.29. The molecule has 3 heteroatoms. The van der Waals surface area contributed by atoms with Crippen molar-refractivity contribution in [3.63, 3.8) is 0 Å². The van der Waals surface area contributed by atoms with Crippen LogP contribution < -0.4 is 5.32 Å². The van der Waals surface area contributed by atoms with Gasteiger partial charge in [0.1, 0.15) is 0 Å². The van der Waals surface area contributed by atoms with Crippen molar-refractivity contribution >= 4 is 15.9 Å². The second-order valence-corrected chi connectivity index (χ2v) is 5.60. The zero-order valence-corrected chi connectivity index (χ0v) is 12.0. The molecule has 94 valence electrons. The van der Waals surface area contributed by atoms with Gasteiger partial charge in [0, 0.05) is 23.6 Å². The molecule has 1 aromatic rings. The zero-order chi connectivity index (χ0) is 12.1. The summed E-state index contributed by atoms with van der Waals surface area (Å²) in [7, 11) is 0. The first-order valence-corrected chi connectivity index (χ1v) is 7.28. The molecule has 0 aliphatic carbocycles. The van der Waals surface area contributed by atoms with E-state index in [1.807, 2.05) is 0 Å². The van der Waals surface area contributed by atoms with E-state index in [0.717, 1.165) is 23.6 Å². The van der Waals surface area contributed by atoms with Gasteiger partial charge < -0.3 is 5.32 Å². The molecule has 0 aromatic heterocycles. The average molecular weight is 297 g/mol. The largest absolute Gasteiger partial charge is 0.311 e. The standard InChI is InChI=1S/C14H21BrN2/c1-2-17-8-4-7-14(17)11-16-10-12-5-3-6-13(15)9-12/h3,5-6,9,14,16H,2,4,7-8,10-11H2,1H3. The van der Waals surface area contributed by atoms with Crippen molar-refractivity contribution in [2.45, 2.75) is 32.4 Å². The third-order valence-corrected chi connectivity index (χ3v) is 4.00. The van der Waals surface area contributed by atoms with Crippen LogP contribution in [-0.2, 0) is 6.54 Å². The fourth-order valence-electron chi connectivity index (χ4n) is 2.57. The monoisotopic (exact) mass is 296 g/mol. The van der Waals surface area contributed by atoms with E-state index in [0.29, 0.717) is 0 Å². The summed E-state index contributed by atoms with van der Waals surface area (Å²) >= 11 is 3.51. The lowest BCUT2D eigenvalue weighted by molar-refractivity contribution is 0.260. The fraction of sp³-hybridized carbons (Fsp3) is 0.571. The molecule has 1 saturated heterocycles. The van der Waals surface area contributed by atoms with E-state index >= 15 is 0 Å². The van der Waals surface area contributed by atoms with Crippen molar-refractivity contribution in [1.82, 2.24) is 10.2 Å². The van der Waals surface area contributed by atoms with Crippen LogP contribution in [0.4, 0.5) is 0 Å². The number of benzene rings is 1. The van der Waals surface area contributed by atoms with Crippen LogP contribution in [0.5, 0.6) is 0 Å². The van der Waals surface area contributed by atoms with Crippen molar-refractivity contribution in [3.05, 3.63) is 34.3 Å². The van der Waals surface area contributed by atoms with E-state index < -0.39 is 0 Å². The molecule has 2 nitrogen and oxygen atoms in total. The maximum absolute atomic E-state index is 3.57. The van der Waals surface area contributed by atoms with Gasteiger partial charge in [-0.3, -0.25) is 4.90 Å². The molecule has 0 radical (unpaired) electrons. The average Bonchev–Trinajstić information content (AvgIpc) is 2.77. The van der Waals surface area contributed by atoms with Gasteiger partial charge in [-0.05, 0) is 43.6 Å². The lowest BCUT2D eigenvalue weighted by Gasteiger charge is -2.23. The minimum atomic E-state index is 0.743. The molecule has 0 spiro atoms. The van der Waals surface area contributed by atoms with Crippen molar-refractivity contribution in [2.75, 3.05) is 19.6 Å². The van der Waals surface area contributed by atoms with Gasteiger partial charge in [0.2, 0.25) is 0 Å². The highest BCUT2D eigenvalue weighted by Gasteiger charge is 2.21. The Balaban J connectivity index is 1.76. The van der Waals surface area contributed by atoms with Crippen LogP contribution in [-0.4, -0.2) is 30.6 Å². The molecule has 1 aromatic carbocycles. The molecule has 0 amide bonds. The van der Waals surface area contributed by atoms with Crippen LogP contribution in [0, 0.1) is 0 Å². The first-order valence-electron chi connectivity index (χ1n) is 6.49. The van der Waals surface area contributed by atoms with Gasteiger partial charge in [0.25, 0.3) is 0 Å². The Morgan fingerprint density at radius 2 is 2.35 bits per heavy atom. The molecule has 0 saturated carbocycles. The summed E-state index contributed by atoms with van der Waals surface area (Å²) in [5.74, 6) is 0. The van der Waals surface area contributed by atoms with E-state index in [4.69, 9.17) is 0 Å². The van der Waals surface area contributed by atoms with Gasteiger partial charge in [0.15, 0.2) is 0 Å². The highest BCUT2D eigenvalue weighted by Crippen LogP contribution is 2.16. The molecule has 17 heavy (non-hydrogen) atoms. The van der Waals surface area contributed by atoms with Crippen LogP contribution in [0.2, 0.25) is 0 Å². The fourth-order valence-corrected chi connectivity index (χ4v) is 3.02. The molecule has 1 N–H and O–H groups in total. The third kappa shape index (κ3) is 3.80. The normalized spacial score (nSPS) is 20.9. The number of rotatable bonds is 5. The second kappa shape index (κ2) is 6.53. The van der Waals surface area contributed by atoms with Crippen LogP contribution in [0.3, 0.4) is 0 Å². The molecular formula is C14H21BrN2. The Bertz CT molecular complexity index is 354. The number of nitrogens with one attached hydrogen (secondary N) is 1. The van der Waals surface area contributed by atoms with E-state index in [1.54, 1.807) is 0 Å². The zero-order valence-electron chi connectivity index (χ0n) is 10.5. The van der Waals surface area contributed by atoms with Crippen LogP contribution in [0.1, 0.15) is 25.3 Å². The Labute approximate surface area is 113 Å². The summed E-state index contributed by atoms with van der Waals surface area (Å²) in [5, 5.41) is 3.57.